The molecule has 264 valence electrons. The summed E-state index contributed by atoms with van der Waals surface area (Å²) in [5, 5.41) is 11.9. The lowest BCUT2D eigenvalue weighted by atomic mass is 10.0. The third-order valence-corrected chi connectivity index (χ3v) is 8.57. The van der Waals surface area contributed by atoms with Crippen LogP contribution in [0, 0.1) is 0 Å². The Labute approximate surface area is 277 Å². The Morgan fingerprint density at radius 1 is 0.644 bits per heavy atom. The zero-order valence-corrected chi connectivity index (χ0v) is 29.5. The number of carboxylic acids is 1. The molecule has 45 heavy (non-hydrogen) atoms. The normalized spacial score (nSPS) is 12.8. The number of carbonyl (C=O) groups is 3. The molecule has 7 nitrogen and oxygen atoms in total. The molecule has 0 spiro atoms. The van der Waals surface area contributed by atoms with Crippen molar-refractivity contribution in [2.45, 2.75) is 206 Å². The van der Waals surface area contributed by atoms with Crippen molar-refractivity contribution >= 4 is 17.8 Å². The van der Waals surface area contributed by atoms with Crippen molar-refractivity contribution in [1.29, 1.82) is 0 Å². The molecule has 0 radical (unpaired) electrons. The number of unbranched alkanes of at least 4 members (excludes halogenated alkanes) is 20. The summed E-state index contributed by atoms with van der Waals surface area (Å²) < 4.78 is 5.88. The predicted molar refractivity (Wildman–Crippen MR) is 188 cm³/mol. The van der Waals surface area contributed by atoms with Crippen molar-refractivity contribution in [1.82, 2.24) is 5.32 Å². The molecule has 2 unspecified atom stereocenters. The lowest BCUT2D eigenvalue weighted by molar-refractivity contribution is -0.147. The lowest BCUT2D eigenvalue weighted by Crippen LogP contribution is -2.40. The Kier molecular flexibility index (Phi) is 32.1. The third-order valence-electron chi connectivity index (χ3n) is 8.57. The highest BCUT2D eigenvalue weighted by Crippen LogP contribution is 2.16. The molecule has 0 heterocycles. The molecule has 1 amide bonds. The van der Waals surface area contributed by atoms with Crippen molar-refractivity contribution in [3.05, 3.63) is 12.2 Å². The first-order chi connectivity index (χ1) is 21.9. The first kappa shape index (κ1) is 43.1. The van der Waals surface area contributed by atoms with E-state index in [9.17, 15) is 19.5 Å². The molecule has 0 aliphatic heterocycles. The maximum atomic E-state index is 12.6. The highest BCUT2D eigenvalue weighted by atomic mass is 16.5. The Morgan fingerprint density at radius 2 is 1.13 bits per heavy atom. The molecule has 0 aromatic rings. The van der Waals surface area contributed by atoms with Crippen LogP contribution in [0.25, 0.3) is 0 Å². The minimum atomic E-state index is -1.01. The second-order valence-corrected chi connectivity index (χ2v) is 13.0. The smallest absolute Gasteiger partial charge is 0.326 e. The monoisotopic (exact) mass is 637 g/mol. The van der Waals surface area contributed by atoms with Gasteiger partial charge in [-0.3, -0.25) is 9.59 Å². The molecule has 0 saturated heterocycles. The first-order valence-electron chi connectivity index (χ1n) is 19.0. The van der Waals surface area contributed by atoms with Gasteiger partial charge in [0.15, 0.2) is 0 Å². The van der Waals surface area contributed by atoms with Gasteiger partial charge in [0, 0.05) is 12.8 Å². The Balaban J connectivity index is 4.19. The minimum Gasteiger partial charge on any atom is -0.480 e. The summed E-state index contributed by atoms with van der Waals surface area (Å²) in [6.45, 7) is 4.89. The first-order valence-corrected chi connectivity index (χ1v) is 19.0. The van der Waals surface area contributed by atoms with E-state index in [0.29, 0.717) is 38.6 Å². The summed E-state index contributed by atoms with van der Waals surface area (Å²) in [7, 11) is 0. The number of aliphatic carboxylic acids is 1. The van der Waals surface area contributed by atoms with Crippen LogP contribution >= 0.6 is 0 Å². The van der Waals surface area contributed by atoms with Crippen molar-refractivity contribution in [3.63, 3.8) is 0 Å². The van der Waals surface area contributed by atoms with Crippen LogP contribution in [0.1, 0.15) is 194 Å². The molecule has 0 aliphatic carbocycles. The quantitative estimate of drug-likeness (QED) is 0.0367. The summed E-state index contributed by atoms with van der Waals surface area (Å²) >= 11 is 0. The number of nitrogens with two attached hydrogens (primary N) is 1. The van der Waals surface area contributed by atoms with Crippen LogP contribution in [0.2, 0.25) is 0 Å². The Morgan fingerprint density at radius 3 is 1.67 bits per heavy atom. The van der Waals surface area contributed by atoms with Crippen molar-refractivity contribution in [3.8, 4) is 0 Å². The number of esters is 1. The van der Waals surface area contributed by atoms with Gasteiger partial charge in [0.2, 0.25) is 5.91 Å². The molecule has 0 aliphatic rings. The fourth-order valence-corrected chi connectivity index (χ4v) is 5.65. The molecule has 0 aromatic carbocycles. The predicted octanol–water partition coefficient (Wildman–Crippen LogP) is 9.95. The van der Waals surface area contributed by atoms with E-state index in [0.717, 1.165) is 44.9 Å². The molecule has 4 N–H and O–H groups in total. The number of carbonyl (C=O) groups excluding carboxylic acids is 2. The molecular formula is C38H72N2O5. The van der Waals surface area contributed by atoms with Crippen LogP contribution < -0.4 is 11.1 Å². The third kappa shape index (κ3) is 30.5. The Hall–Kier alpha value is -1.89. The molecule has 2 atom stereocenters. The average molecular weight is 637 g/mol. The number of carboxylic acid groups (broad SMARTS) is 1. The summed E-state index contributed by atoms with van der Waals surface area (Å²) in [5.74, 6) is -1.32. The summed E-state index contributed by atoms with van der Waals surface area (Å²) in [6.07, 6.45) is 34.2. The fourth-order valence-electron chi connectivity index (χ4n) is 5.65. The van der Waals surface area contributed by atoms with Gasteiger partial charge in [0.25, 0.3) is 0 Å². The SMILES string of the molecule is CCCCCC/C=C\C(CCCCCCC(=O)NC(CCCN)C(=O)O)OC(=O)CCCCCCCCCCCCCCCC. The van der Waals surface area contributed by atoms with E-state index in [1.807, 2.05) is 0 Å². The van der Waals surface area contributed by atoms with Crippen LogP contribution in [0.4, 0.5) is 0 Å². The van der Waals surface area contributed by atoms with Crippen LogP contribution in [0.5, 0.6) is 0 Å². The number of allylic oxidation sites excluding steroid dienone is 1. The summed E-state index contributed by atoms with van der Waals surface area (Å²) in [4.78, 5) is 36.1. The van der Waals surface area contributed by atoms with Gasteiger partial charge in [-0.15, -0.1) is 0 Å². The molecule has 7 heteroatoms. The van der Waals surface area contributed by atoms with E-state index in [-0.39, 0.29) is 18.0 Å². The number of rotatable bonds is 34. The van der Waals surface area contributed by atoms with Crippen molar-refractivity contribution in [2.75, 3.05) is 6.54 Å². The van der Waals surface area contributed by atoms with Crippen molar-refractivity contribution in [2.24, 2.45) is 5.73 Å². The highest BCUT2D eigenvalue weighted by molar-refractivity contribution is 5.83. The standard InChI is InChI=1S/C38H72N2O5/c1-3-5-7-9-11-12-13-14-15-16-17-18-20-26-32-37(42)45-34(28-23-19-10-8-6-4-2)29-24-21-22-25-31-36(41)40-35(38(43)44)30-27-33-39/h23,28,34-35H,3-22,24-27,29-33,39H2,1-2H3,(H,40,41)(H,43,44)/b28-23-. The van der Waals surface area contributed by atoms with Gasteiger partial charge >= 0.3 is 11.9 Å². The minimum absolute atomic E-state index is 0.0890. The average Bonchev–Trinajstić information content (AvgIpc) is 3.02. The summed E-state index contributed by atoms with van der Waals surface area (Å²) in [6, 6.07) is -0.866. The van der Waals surface area contributed by atoms with Crippen LogP contribution in [0.3, 0.4) is 0 Å². The topological polar surface area (TPSA) is 119 Å². The number of hydrogen-bond donors (Lipinski definition) is 3. The van der Waals surface area contributed by atoms with Gasteiger partial charge in [-0.2, -0.15) is 0 Å². The van der Waals surface area contributed by atoms with E-state index in [2.05, 4.69) is 31.3 Å². The van der Waals surface area contributed by atoms with E-state index in [1.165, 1.54) is 103 Å². The largest absolute Gasteiger partial charge is 0.480 e. The maximum absolute atomic E-state index is 12.6. The molecular weight excluding hydrogens is 564 g/mol. The van der Waals surface area contributed by atoms with Gasteiger partial charge in [0.1, 0.15) is 12.1 Å². The molecule has 0 bridgehead atoms. The molecule has 0 aromatic heterocycles. The van der Waals surface area contributed by atoms with Crippen molar-refractivity contribution < 1.29 is 24.2 Å². The van der Waals surface area contributed by atoms with E-state index in [4.69, 9.17) is 10.5 Å². The number of nitrogens with one attached hydrogen (secondary N) is 1. The molecule has 0 saturated carbocycles. The number of hydrogen-bond acceptors (Lipinski definition) is 5. The molecule has 0 rings (SSSR count). The zero-order valence-electron chi connectivity index (χ0n) is 29.5. The van der Waals surface area contributed by atoms with Crippen LogP contribution in [-0.2, 0) is 19.1 Å². The second kappa shape index (κ2) is 33.5. The van der Waals surface area contributed by atoms with E-state index >= 15 is 0 Å². The van der Waals surface area contributed by atoms with Gasteiger partial charge in [-0.05, 0) is 64.0 Å². The maximum Gasteiger partial charge on any atom is 0.326 e. The number of ether oxygens (including phenoxy) is 1. The lowest BCUT2D eigenvalue weighted by Gasteiger charge is -2.15. The summed E-state index contributed by atoms with van der Waals surface area (Å²) in [5.41, 5.74) is 5.46. The van der Waals surface area contributed by atoms with E-state index < -0.39 is 12.0 Å². The van der Waals surface area contributed by atoms with Gasteiger partial charge in [-0.1, -0.05) is 135 Å². The fraction of sp³-hybridized carbons (Fsp3) is 0.868. The van der Waals surface area contributed by atoms with Gasteiger partial charge in [0.05, 0.1) is 0 Å². The molecule has 0 fully saturated rings. The zero-order chi connectivity index (χ0) is 33.2. The van der Waals surface area contributed by atoms with Crippen LogP contribution in [0.15, 0.2) is 12.2 Å². The van der Waals surface area contributed by atoms with Gasteiger partial charge in [-0.25, -0.2) is 4.79 Å². The second-order valence-electron chi connectivity index (χ2n) is 13.0. The highest BCUT2D eigenvalue weighted by Gasteiger charge is 2.19. The van der Waals surface area contributed by atoms with E-state index in [1.54, 1.807) is 0 Å². The Bertz CT molecular complexity index is 727. The van der Waals surface area contributed by atoms with Crippen LogP contribution in [-0.4, -0.2) is 41.6 Å². The number of amides is 1. The van der Waals surface area contributed by atoms with Gasteiger partial charge < -0.3 is 20.9 Å².